The van der Waals surface area contributed by atoms with Crippen LogP contribution in [0.4, 0.5) is 5.69 Å². The molecule has 0 radical (unpaired) electrons. The SMILES string of the molecule is C#CCOC1N=Cc2ccccc2N1CCC(C)(C)C. The zero-order valence-electron chi connectivity index (χ0n) is 12.5. The van der Waals surface area contributed by atoms with Crippen LogP contribution in [0.3, 0.4) is 0 Å². The minimum atomic E-state index is -0.316. The van der Waals surface area contributed by atoms with E-state index in [2.05, 4.69) is 48.7 Å². The summed E-state index contributed by atoms with van der Waals surface area (Å²) in [6, 6.07) is 8.24. The summed E-state index contributed by atoms with van der Waals surface area (Å²) in [5.74, 6) is 2.51. The van der Waals surface area contributed by atoms with E-state index < -0.39 is 0 Å². The van der Waals surface area contributed by atoms with Gasteiger partial charge in [0.2, 0.25) is 6.35 Å². The number of terminal acetylenes is 1. The lowest BCUT2D eigenvalue weighted by Gasteiger charge is -2.35. The first-order chi connectivity index (χ1) is 9.51. The van der Waals surface area contributed by atoms with E-state index in [4.69, 9.17) is 11.2 Å². The third-order valence-electron chi connectivity index (χ3n) is 3.27. The van der Waals surface area contributed by atoms with Crippen LogP contribution in [0.1, 0.15) is 32.8 Å². The number of hydrogen-bond acceptors (Lipinski definition) is 3. The van der Waals surface area contributed by atoms with Gasteiger partial charge >= 0.3 is 0 Å². The summed E-state index contributed by atoms with van der Waals surface area (Å²) in [6.07, 6.45) is 7.89. The molecule has 0 saturated carbocycles. The van der Waals surface area contributed by atoms with Crippen LogP contribution in [0.2, 0.25) is 0 Å². The van der Waals surface area contributed by atoms with Gasteiger partial charge in [-0.15, -0.1) is 6.42 Å². The van der Waals surface area contributed by atoms with E-state index >= 15 is 0 Å². The molecule has 0 amide bonds. The molecule has 1 aromatic carbocycles. The molecule has 1 atom stereocenters. The average Bonchev–Trinajstić information content (AvgIpc) is 2.42. The Kier molecular flexibility index (Phi) is 4.46. The highest BCUT2D eigenvalue weighted by Gasteiger charge is 2.25. The fourth-order valence-electron chi connectivity index (χ4n) is 2.14. The lowest BCUT2D eigenvalue weighted by atomic mass is 9.92. The van der Waals surface area contributed by atoms with Crippen LogP contribution >= 0.6 is 0 Å². The third kappa shape index (κ3) is 3.61. The second kappa shape index (κ2) is 6.11. The van der Waals surface area contributed by atoms with Crippen LogP contribution in [0.5, 0.6) is 0 Å². The first kappa shape index (κ1) is 14.6. The van der Waals surface area contributed by atoms with Crippen molar-refractivity contribution in [2.45, 2.75) is 33.5 Å². The Morgan fingerprint density at radius 1 is 1.35 bits per heavy atom. The lowest BCUT2D eigenvalue weighted by Crippen LogP contribution is -2.41. The van der Waals surface area contributed by atoms with Crippen molar-refractivity contribution in [3.05, 3.63) is 29.8 Å². The Labute approximate surface area is 121 Å². The maximum atomic E-state index is 5.66. The Hall–Kier alpha value is -1.79. The second-order valence-corrected chi connectivity index (χ2v) is 6.18. The summed E-state index contributed by atoms with van der Waals surface area (Å²) < 4.78 is 5.66. The van der Waals surface area contributed by atoms with Crippen molar-refractivity contribution in [1.82, 2.24) is 0 Å². The molecular weight excluding hydrogens is 248 g/mol. The Balaban J connectivity index is 2.20. The molecule has 3 nitrogen and oxygen atoms in total. The standard InChI is InChI=1S/C17H22N2O/c1-5-12-20-16-18-13-14-8-6-7-9-15(14)19(16)11-10-17(2,3)4/h1,6-9,13,16H,10-12H2,2-4H3. The van der Waals surface area contributed by atoms with Gasteiger partial charge in [0.05, 0.1) is 0 Å². The third-order valence-corrected chi connectivity index (χ3v) is 3.27. The molecule has 1 aliphatic heterocycles. The molecule has 20 heavy (non-hydrogen) atoms. The van der Waals surface area contributed by atoms with Crippen molar-refractivity contribution in [3.8, 4) is 12.3 Å². The number of anilines is 1. The smallest absolute Gasteiger partial charge is 0.228 e. The molecular formula is C17H22N2O. The summed E-state index contributed by atoms with van der Waals surface area (Å²) >= 11 is 0. The largest absolute Gasteiger partial charge is 0.327 e. The number of benzene rings is 1. The topological polar surface area (TPSA) is 24.8 Å². The molecule has 0 bridgehead atoms. The van der Waals surface area contributed by atoms with Crippen molar-refractivity contribution in [2.75, 3.05) is 18.1 Å². The van der Waals surface area contributed by atoms with Crippen molar-refractivity contribution < 1.29 is 4.74 Å². The highest BCUT2D eigenvalue weighted by atomic mass is 16.5. The van der Waals surface area contributed by atoms with Crippen LogP contribution in [0.25, 0.3) is 0 Å². The monoisotopic (exact) mass is 270 g/mol. The summed E-state index contributed by atoms with van der Waals surface area (Å²) in [5.41, 5.74) is 2.56. The van der Waals surface area contributed by atoms with Gasteiger partial charge in [-0.05, 0) is 17.9 Å². The van der Waals surface area contributed by atoms with E-state index in [0.717, 1.165) is 24.2 Å². The normalized spacial score (nSPS) is 17.7. The summed E-state index contributed by atoms with van der Waals surface area (Å²) in [7, 11) is 0. The molecule has 0 spiro atoms. The minimum Gasteiger partial charge on any atom is -0.327 e. The summed E-state index contributed by atoms with van der Waals surface area (Å²) in [6.45, 7) is 7.89. The van der Waals surface area contributed by atoms with Gasteiger partial charge in [0, 0.05) is 24.0 Å². The molecule has 0 saturated heterocycles. The predicted octanol–water partition coefficient (Wildman–Crippen LogP) is 3.30. The van der Waals surface area contributed by atoms with Gasteiger partial charge in [0.15, 0.2) is 0 Å². The van der Waals surface area contributed by atoms with E-state index in [1.54, 1.807) is 0 Å². The van der Waals surface area contributed by atoms with E-state index in [0.29, 0.717) is 0 Å². The van der Waals surface area contributed by atoms with Gasteiger partial charge in [-0.3, -0.25) is 0 Å². The molecule has 3 heteroatoms. The van der Waals surface area contributed by atoms with E-state index in [9.17, 15) is 0 Å². The van der Waals surface area contributed by atoms with Crippen molar-refractivity contribution in [2.24, 2.45) is 10.4 Å². The van der Waals surface area contributed by atoms with Gasteiger partial charge in [0.1, 0.15) is 6.61 Å². The Bertz CT molecular complexity index is 523. The zero-order chi connectivity index (χ0) is 14.6. The molecule has 1 unspecified atom stereocenters. The number of hydrogen-bond donors (Lipinski definition) is 0. The number of aliphatic imine (C=N–C) groups is 1. The molecule has 0 aliphatic carbocycles. The van der Waals surface area contributed by atoms with E-state index in [-0.39, 0.29) is 18.4 Å². The van der Waals surface area contributed by atoms with Crippen LogP contribution in [-0.2, 0) is 4.74 Å². The van der Waals surface area contributed by atoms with Gasteiger partial charge in [-0.2, -0.15) is 0 Å². The number of fused-ring (bicyclic) bond motifs is 1. The van der Waals surface area contributed by atoms with Gasteiger partial charge in [-0.1, -0.05) is 44.9 Å². The Morgan fingerprint density at radius 2 is 2.10 bits per heavy atom. The van der Waals surface area contributed by atoms with Crippen molar-refractivity contribution in [3.63, 3.8) is 0 Å². The quantitative estimate of drug-likeness (QED) is 0.784. The molecule has 1 heterocycles. The first-order valence-electron chi connectivity index (χ1n) is 6.95. The first-order valence-corrected chi connectivity index (χ1v) is 6.95. The molecule has 0 aromatic heterocycles. The van der Waals surface area contributed by atoms with Gasteiger partial charge < -0.3 is 9.64 Å². The molecule has 1 aromatic rings. The molecule has 0 fully saturated rings. The lowest BCUT2D eigenvalue weighted by molar-refractivity contribution is 0.0793. The maximum Gasteiger partial charge on any atom is 0.228 e. The van der Waals surface area contributed by atoms with Crippen LogP contribution in [0, 0.1) is 17.8 Å². The van der Waals surface area contributed by atoms with Crippen LogP contribution < -0.4 is 4.90 Å². The van der Waals surface area contributed by atoms with Crippen LogP contribution in [-0.4, -0.2) is 25.7 Å². The Morgan fingerprint density at radius 3 is 2.80 bits per heavy atom. The molecule has 2 rings (SSSR count). The molecule has 106 valence electrons. The number of para-hydroxylation sites is 1. The summed E-state index contributed by atoms with van der Waals surface area (Å²) in [4.78, 5) is 6.67. The molecule has 1 aliphatic rings. The molecule has 0 N–H and O–H groups in total. The van der Waals surface area contributed by atoms with Crippen molar-refractivity contribution in [1.29, 1.82) is 0 Å². The van der Waals surface area contributed by atoms with Gasteiger partial charge in [-0.25, -0.2) is 4.99 Å². The van der Waals surface area contributed by atoms with Crippen LogP contribution in [0.15, 0.2) is 29.3 Å². The van der Waals surface area contributed by atoms with E-state index in [1.807, 2.05) is 18.3 Å². The highest BCUT2D eigenvalue weighted by Crippen LogP contribution is 2.28. The maximum absolute atomic E-state index is 5.66. The minimum absolute atomic E-state index is 0.271. The number of nitrogens with zero attached hydrogens (tertiary/aromatic N) is 2. The zero-order valence-corrected chi connectivity index (χ0v) is 12.5. The number of rotatable bonds is 4. The van der Waals surface area contributed by atoms with Crippen molar-refractivity contribution >= 4 is 11.9 Å². The highest BCUT2D eigenvalue weighted by molar-refractivity contribution is 5.89. The van der Waals surface area contributed by atoms with E-state index in [1.165, 1.54) is 0 Å². The second-order valence-electron chi connectivity index (χ2n) is 6.18. The number of ether oxygens (including phenoxy) is 1. The van der Waals surface area contributed by atoms with Gasteiger partial charge in [0.25, 0.3) is 0 Å². The summed E-state index contributed by atoms with van der Waals surface area (Å²) in [5, 5.41) is 0. The predicted molar refractivity (Wildman–Crippen MR) is 84.0 cm³/mol. The fraction of sp³-hybridized carbons (Fsp3) is 0.471. The average molecular weight is 270 g/mol. The fourth-order valence-corrected chi connectivity index (χ4v) is 2.14.